The lowest BCUT2D eigenvalue weighted by Gasteiger charge is -2.43. The van der Waals surface area contributed by atoms with Crippen molar-refractivity contribution in [3.8, 4) is 0 Å². The molecule has 0 N–H and O–H groups in total. The van der Waals surface area contributed by atoms with Gasteiger partial charge in [-0.15, -0.1) is 0 Å². The minimum Gasteiger partial charge on any atom is -0.381 e. The Morgan fingerprint density at radius 3 is 2.06 bits per heavy atom. The van der Waals surface area contributed by atoms with E-state index in [-0.39, 0.29) is 0 Å². The maximum atomic E-state index is 5.48. The summed E-state index contributed by atoms with van der Waals surface area (Å²) in [7, 11) is 0. The first-order valence-corrected chi connectivity index (χ1v) is 7.80. The fourth-order valence-corrected chi connectivity index (χ4v) is 3.67. The molecule has 0 bridgehead atoms. The second-order valence-electron chi connectivity index (χ2n) is 7.37. The standard InChI is InChI=1S/C16H31NO/c1-13(14-7-11-18-12-8-14)17-9-5-15(6-10-17)16(2,3)4/h13-15H,5-12H2,1-4H3. The summed E-state index contributed by atoms with van der Waals surface area (Å²) in [6, 6.07) is 0.759. The highest BCUT2D eigenvalue weighted by Crippen LogP contribution is 2.35. The van der Waals surface area contributed by atoms with Crippen molar-refractivity contribution in [2.45, 2.75) is 59.4 Å². The van der Waals surface area contributed by atoms with Crippen LogP contribution in [-0.2, 0) is 4.74 Å². The summed E-state index contributed by atoms with van der Waals surface area (Å²) in [5, 5.41) is 0. The molecular formula is C16H31NO. The number of likely N-dealkylation sites (tertiary alicyclic amines) is 1. The molecule has 2 fully saturated rings. The zero-order valence-corrected chi connectivity index (χ0v) is 12.7. The van der Waals surface area contributed by atoms with Crippen LogP contribution < -0.4 is 0 Å². The molecule has 0 aliphatic carbocycles. The number of hydrogen-bond donors (Lipinski definition) is 0. The van der Waals surface area contributed by atoms with Gasteiger partial charge in [0.1, 0.15) is 0 Å². The topological polar surface area (TPSA) is 12.5 Å². The second-order valence-corrected chi connectivity index (χ2v) is 7.37. The first kappa shape index (κ1) is 14.3. The molecule has 18 heavy (non-hydrogen) atoms. The molecule has 2 aliphatic heterocycles. The van der Waals surface area contributed by atoms with Gasteiger partial charge in [0, 0.05) is 19.3 Å². The fourth-order valence-electron chi connectivity index (χ4n) is 3.67. The molecule has 0 amide bonds. The van der Waals surface area contributed by atoms with Gasteiger partial charge in [-0.25, -0.2) is 0 Å². The predicted octanol–water partition coefficient (Wildman–Crippen LogP) is 3.56. The summed E-state index contributed by atoms with van der Waals surface area (Å²) in [4.78, 5) is 2.73. The number of rotatable bonds is 2. The molecular weight excluding hydrogens is 222 g/mol. The molecule has 2 saturated heterocycles. The molecule has 106 valence electrons. The van der Waals surface area contributed by atoms with Crippen molar-refractivity contribution >= 4 is 0 Å². The zero-order valence-electron chi connectivity index (χ0n) is 12.7. The number of hydrogen-bond acceptors (Lipinski definition) is 2. The average molecular weight is 253 g/mol. The van der Waals surface area contributed by atoms with Gasteiger partial charge in [-0.3, -0.25) is 0 Å². The van der Waals surface area contributed by atoms with E-state index in [9.17, 15) is 0 Å². The number of piperidine rings is 1. The molecule has 0 aromatic carbocycles. The van der Waals surface area contributed by atoms with Crippen molar-refractivity contribution in [3.05, 3.63) is 0 Å². The number of nitrogens with zero attached hydrogens (tertiary/aromatic N) is 1. The first-order chi connectivity index (χ1) is 8.48. The normalized spacial score (nSPS) is 27.3. The van der Waals surface area contributed by atoms with Gasteiger partial charge in [0.15, 0.2) is 0 Å². The van der Waals surface area contributed by atoms with Crippen molar-refractivity contribution < 1.29 is 4.74 Å². The van der Waals surface area contributed by atoms with E-state index in [1.807, 2.05) is 0 Å². The van der Waals surface area contributed by atoms with Crippen LogP contribution in [0.2, 0.25) is 0 Å². The van der Waals surface area contributed by atoms with Crippen molar-refractivity contribution in [3.63, 3.8) is 0 Å². The molecule has 0 radical (unpaired) electrons. The maximum Gasteiger partial charge on any atom is 0.0469 e. The van der Waals surface area contributed by atoms with E-state index < -0.39 is 0 Å². The minimum atomic E-state index is 0.494. The van der Waals surface area contributed by atoms with Gasteiger partial charge in [0.25, 0.3) is 0 Å². The number of ether oxygens (including phenoxy) is 1. The smallest absolute Gasteiger partial charge is 0.0469 e. The average Bonchev–Trinajstić information content (AvgIpc) is 2.38. The highest BCUT2D eigenvalue weighted by Gasteiger charge is 2.32. The van der Waals surface area contributed by atoms with E-state index in [2.05, 4.69) is 32.6 Å². The second kappa shape index (κ2) is 5.92. The van der Waals surface area contributed by atoms with E-state index in [1.165, 1.54) is 38.8 Å². The van der Waals surface area contributed by atoms with Crippen molar-refractivity contribution in [1.29, 1.82) is 0 Å². The largest absolute Gasteiger partial charge is 0.381 e. The molecule has 0 spiro atoms. The molecule has 1 atom stereocenters. The molecule has 2 rings (SSSR count). The van der Waals surface area contributed by atoms with Gasteiger partial charge in [-0.1, -0.05) is 20.8 Å². The van der Waals surface area contributed by atoms with Crippen LogP contribution >= 0.6 is 0 Å². The summed E-state index contributed by atoms with van der Waals surface area (Å²) in [5.74, 6) is 1.78. The van der Waals surface area contributed by atoms with Gasteiger partial charge < -0.3 is 9.64 Å². The highest BCUT2D eigenvalue weighted by atomic mass is 16.5. The quantitative estimate of drug-likeness (QED) is 0.746. The maximum absolute atomic E-state index is 5.48. The molecule has 0 saturated carbocycles. The van der Waals surface area contributed by atoms with Crippen LogP contribution in [0.25, 0.3) is 0 Å². The molecule has 2 heteroatoms. The van der Waals surface area contributed by atoms with E-state index in [0.29, 0.717) is 5.41 Å². The van der Waals surface area contributed by atoms with Crippen molar-refractivity contribution in [1.82, 2.24) is 4.90 Å². The molecule has 0 aromatic rings. The minimum absolute atomic E-state index is 0.494. The van der Waals surface area contributed by atoms with Crippen LogP contribution in [0.4, 0.5) is 0 Å². The predicted molar refractivity (Wildman–Crippen MR) is 76.8 cm³/mol. The Hall–Kier alpha value is -0.0800. The summed E-state index contributed by atoms with van der Waals surface area (Å²) < 4.78 is 5.48. The molecule has 2 nitrogen and oxygen atoms in total. The third kappa shape index (κ3) is 3.48. The fraction of sp³-hybridized carbons (Fsp3) is 1.00. The van der Waals surface area contributed by atoms with Gasteiger partial charge in [0.05, 0.1) is 0 Å². The van der Waals surface area contributed by atoms with Crippen LogP contribution in [0.5, 0.6) is 0 Å². The van der Waals surface area contributed by atoms with Gasteiger partial charge >= 0.3 is 0 Å². The van der Waals surface area contributed by atoms with E-state index >= 15 is 0 Å². The SMILES string of the molecule is CC(C1CCOCC1)N1CCC(C(C)(C)C)CC1. The zero-order chi connectivity index (χ0) is 13.2. The van der Waals surface area contributed by atoms with Crippen LogP contribution in [-0.4, -0.2) is 37.2 Å². The highest BCUT2D eigenvalue weighted by molar-refractivity contribution is 4.85. The van der Waals surface area contributed by atoms with E-state index in [4.69, 9.17) is 4.74 Å². The van der Waals surface area contributed by atoms with Crippen molar-refractivity contribution in [2.75, 3.05) is 26.3 Å². The van der Waals surface area contributed by atoms with Crippen LogP contribution in [0.1, 0.15) is 53.4 Å². The Bertz CT molecular complexity index is 244. The molecule has 2 heterocycles. The Balaban J connectivity index is 1.81. The lowest BCUT2D eigenvalue weighted by Crippen LogP contribution is -2.46. The third-order valence-corrected chi connectivity index (χ3v) is 5.28. The van der Waals surface area contributed by atoms with E-state index in [0.717, 1.165) is 31.1 Å². The lowest BCUT2D eigenvalue weighted by atomic mass is 9.75. The Morgan fingerprint density at radius 2 is 1.56 bits per heavy atom. The molecule has 1 unspecified atom stereocenters. The summed E-state index contributed by atoms with van der Waals surface area (Å²) in [6.45, 7) is 14.2. The van der Waals surface area contributed by atoms with Gasteiger partial charge in [-0.2, -0.15) is 0 Å². The Morgan fingerprint density at radius 1 is 1.00 bits per heavy atom. The van der Waals surface area contributed by atoms with Crippen LogP contribution in [0.15, 0.2) is 0 Å². The molecule has 2 aliphatic rings. The van der Waals surface area contributed by atoms with Gasteiger partial charge in [0.2, 0.25) is 0 Å². The van der Waals surface area contributed by atoms with Crippen LogP contribution in [0, 0.1) is 17.3 Å². The third-order valence-electron chi connectivity index (χ3n) is 5.28. The van der Waals surface area contributed by atoms with Gasteiger partial charge in [-0.05, 0) is 62.9 Å². The van der Waals surface area contributed by atoms with Crippen LogP contribution in [0.3, 0.4) is 0 Å². The molecule has 0 aromatic heterocycles. The summed E-state index contributed by atoms with van der Waals surface area (Å²) >= 11 is 0. The monoisotopic (exact) mass is 253 g/mol. The summed E-state index contributed by atoms with van der Waals surface area (Å²) in [5.41, 5.74) is 0.494. The Labute approximate surface area is 113 Å². The summed E-state index contributed by atoms with van der Waals surface area (Å²) in [6.07, 6.45) is 5.30. The first-order valence-electron chi connectivity index (χ1n) is 7.80. The Kier molecular flexibility index (Phi) is 4.71. The lowest BCUT2D eigenvalue weighted by molar-refractivity contribution is 0.0126. The van der Waals surface area contributed by atoms with E-state index in [1.54, 1.807) is 0 Å². The van der Waals surface area contributed by atoms with Crippen molar-refractivity contribution in [2.24, 2.45) is 17.3 Å².